The van der Waals surface area contributed by atoms with Gasteiger partial charge >= 0.3 is 5.97 Å². The number of aromatic nitrogens is 1. The monoisotopic (exact) mass is 302 g/mol. The van der Waals surface area contributed by atoms with Gasteiger partial charge in [-0.25, -0.2) is 4.79 Å². The molecule has 0 aliphatic carbocycles. The van der Waals surface area contributed by atoms with Crippen LogP contribution in [0, 0.1) is 31.1 Å². The van der Waals surface area contributed by atoms with Crippen LogP contribution in [0.1, 0.15) is 51.1 Å². The fourth-order valence-electron chi connectivity index (χ4n) is 2.28. The van der Waals surface area contributed by atoms with Gasteiger partial charge in [-0.15, -0.1) is 0 Å². The highest BCUT2D eigenvalue weighted by Gasteiger charge is 2.15. The Morgan fingerprint density at radius 3 is 2.50 bits per heavy atom. The van der Waals surface area contributed by atoms with Crippen LogP contribution in [0.5, 0.6) is 0 Å². The van der Waals surface area contributed by atoms with Gasteiger partial charge in [-0.1, -0.05) is 13.8 Å². The summed E-state index contributed by atoms with van der Waals surface area (Å²) in [5.74, 6) is 0.0698. The van der Waals surface area contributed by atoms with Crippen LogP contribution in [-0.2, 0) is 16.1 Å². The Morgan fingerprint density at radius 1 is 1.36 bits per heavy atom. The van der Waals surface area contributed by atoms with Crippen LogP contribution in [-0.4, -0.2) is 16.6 Å². The lowest BCUT2D eigenvalue weighted by atomic mass is 10.1. The van der Waals surface area contributed by atoms with Crippen molar-refractivity contribution in [1.29, 1.82) is 5.26 Å². The first-order chi connectivity index (χ1) is 10.3. The van der Waals surface area contributed by atoms with E-state index >= 15 is 0 Å². The second-order valence-electron chi connectivity index (χ2n) is 6.28. The number of esters is 1. The zero-order valence-electron chi connectivity index (χ0n) is 14.4. The van der Waals surface area contributed by atoms with Crippen molar-refractivity contribution in [2.75, 3.05) is 0 Å². The fourth-order valence-corrected chi connectivity index (χ4v) is 2.28. The third-order valence-electron chi connectivity index (χ3n) is 3.53. The van der Waals surface area contributed by atoms with E-state index in [4.69, 9.17) is 4.74 Å². The molecule has 0 fully saturated rings. The highest BCUT2D eigenvalue weighted by atomic mass is 16.5. The van der Waals surface area contributed by atoms with Crippen molar-refractivity contribution < 1.29 is 9.53 Å². The molecule has 120 valence electrons. The average Bonchev–Trinajstić information content (AvgIpc) is 2.67. The SMILES string of the molecule is Cc1cc(/C=C(\C#N)C(=O)OC(C)C)c(C)n1CCC(C)C. The third-order valence-corrected chi connectivity index (χ3v) is 3.53. The zero-order valence-corrected chi connectivity index (χ0v) is 14.4. The van der Waals surface area contributed by atoms with Crippen LogP contribution in [0.25, 0.3) is 6.08 Å². The van der Waals surface area contributed by atoms with Crippen LogP contribution in [0.2, 0.25) is 0 Å². The minimum Gasteiger partial charge on any atom is -0.459 e. The summed E-state index contributed by atoms with van der Waals surface area (Å²) in [5.41, 5.74) is 3.15. The van der Waals surface area contributed by atoms with E-state index in [2.05, 4.69) is 18.4 Å². The predicted molar refractivity (Wildman–Crippen MR) is 88.2 cm³/mol. The lowest BCUT2D eigenvalue weighted by Crippen LogP contribution is -2.12. The fraction of sp³-hybridized carbons (Fsp3) is 0.556. The molecule has 4 heteroatoms. The van der Waals surface area contributed by atoms with Gasteiger partial charge in [0.1, 0.15) is 11.6 Å². The molecule has 4 nitrogen and oxygen atoms in total. The number of hydrogen-bond donors (Lipinski definition) is 0. The summed E-state index contributed by atoms with van der Waals surface area (Å²) in [5, 5.41) is 9.19. The number of carbonyl (C=O) groups is 1. The van der Waals surface area contributed by atoms with E-state index < -0.39 is 5.97 Å². The molecule has 1 heterocycles. The Labute approximate surface area is 133 Å². The normalized spacial score (nSPS) is 11.9. The number of nitriles is 1. The molecule has 0 saturated carbocycles. The molecule has 22 heavy (non-hydrogen) atoms. The standard InChI is InChI=1S/C18H26N2O2/c1-12(2)7-8-20-14(5)9-16(15(20)6)10-17(11-19)18(21)22-13(3)4/h9-10,12-13H,7-8H2,1-6H3/b17-10+. The number of ether oxygens (including phenoxy) is 1. The van der Waals surface area contributed by atoms with Crippen molar-refractivity contribution in [3.63, 3.8) is 0 Å². The summed E-state index contributed by atoms with van der Waals surface area (Å²) in [6.07, 6.45) is 2.49. The molecule has 0 aliphatic heterocycles. The van der Waals surface area contributed by atoms with Crippen LogP contribution in [0.15, 0.2) is 11.6 Å². The van der Waals surface area contributed by atoms with Gasteiger partial charge in [0.2, 0.25) is 0 Å². The van der Waals surface area contributed by atoms with Crippen molar-refractivity contribution in [3.05, 3.63) is 28.6 Å². The Hall–Kier alpha value is -2.02. The Kier molecular flexibility index (Phi) is 6.42. The molecule has 0 N–H and O–H groups in total. The van der Waals surface area contributed by atoms with Gasteiger partial charge in [-0.05, 0) is 57.7 Å². The molecule has 0 spiro atoms. The second kappa shape index (κ2) is 7.84. The quantitative estimate of drug-likeness (QED) is 0.453. The van der Waals surface area contributed by atoms with Crippen molar-refractivity contribution in [3.8, 4) is 6.07 Å². The maximum absolute atomic E-state index is 11.9. The molecule has 0 atom stereocenters. The molecule has 1 aromatic rings. The van der Waals surface area contributed by atoms with Crippen molar-refractivity contribution in [1.82, 2.24) is 4.57 Å². The number of nitrogens with zero attached hydrogens (tertiary/aromatic N) is 2. The molecular formula is C18H26N2O2. The van der Waals surface area contributed by atoms with Gasteiger partial charge in [0.15, 0.2) is 0 Å². The second-order valence-corrected chi connectivity index (χ2v) is 6.28. The van der Waals surface area contributed by atoms with E-state index in [1.54, 1.807) is 19.9 Å². The largest absolute Gasteiger partial charge is 0.459 e. The molecule has 1 rings (SSSR count). The Bertz CT molecular complexity index is 601. The van der Waals surface area contributed by atoms with E-state index in [9.17, 15) is 10.1 Å². The summed E-state index contributed by atoms with van der Waals surface area (Å²) in [7, 11) is 0. The van der Waals surface area contributed by atoms with Gasteiger partial charge in [-0.3, -0.25) is 0 Å². The molecule has 0 bridgehead atoms. The van der Waals surface area contributed by atoms with Gasteiger partial charge in [0, 0.05) is 17.9 Å². The molecule has 0 radical (unpaired) electrons. The van der Waals surface area contributed by atoms with E-state index in [1.165, 1.54) is 0 Å². The smallest absolute Gasteiger partial charge is 0.349 e. The summed E-state index contributed by atoms with van der Waals surface area (Å²) in [4.78, 5) is 11.9. The molecule has 0 aliphatic rings. The van der Waals surface area contributed by atoms with Gasteiger partial charge in [0.25, 0.3) is 0 Å². The van der Waals surface area contributed by atoms with E-state index in [0.29, 0.717) is 5.92 Å². The van der Waals surface area contributed by atoms with Crippen LogP contribution in [0.4, 0.5) is 0 Å². The first kappa shape index (κ1) is 18.0. The van der Waals surface area contributed by atoms with E-state index in [0.717, 1.165) is 29.9 Å². The predicted octanol–water partition coefficient (Wildman–Crippen LogP) is 4.01. The van der Waals surface area contributed by atoms with Gasteiger partial charge in [0.05, 0.1) is 6.10 Å². The number of rotatable bonds is 6. The first-order valence-electron chi connectivity index (χ1n) is 7.75. The van der Waals surface area contributed by atoms with Crippen molar-refractivity contribution >= 4 is 12.0 Å². The van der Waals surface area contributed by atoms with Gasteiger partial charge < -0.3 is 9.30 Å². The van der Waals surface area contributed by atoms with Crippen molar-refractivity contribution in [2.45, 2.75) is 60.6 Å². The van der Waals surface area contributed by atoms with Crippen molar-refractivity contribution in [2.24, 2.45) is 5.92 Å². The molecule has 0 unspecified atom stereocenters. The summed E-state index contributed by atoms with van der Waals surface area (Å²) >= 11 is 0. The average molecular weight is 302 g/mol. The third kappa shape index (κ3) is 4.77. The molecule has 0 saturated heterocycles. The number of aryl methyl sites for hydroxylation is 1. The molecule has 0 aromatic carbocycles. The topological polar surface area (TPSA) is 55.0 Å². The number of hydrogen-bond acceptors (Lipinski definition) is 3. The zero-order chi connectivity index (χ0) is 16.9. The maximum atomic E-state index is 11.9. The first-order valence-corrected chi connectivity index (χ1v) is 7.75. The Morgan fingerprint density at radius 2 is 2.00 bits per heavy atom. The molecule has 0 amide bonds. The minimum atomic E-state index is -0.565. The Balaban J connectivity index is 3.06. The molecular weight excluding hydrogens is 276 g/mol. The highest BCUT2D eigenvalue weighted by molar-refractivity contribution is 5.98. The maximum Gasteiger partial charge on any atom is 0.349 e. The molecule has 1 aromatic heterocycles. The van der Waals surface area contributed by atoms with Crippen LogP contribution >= 0.6 is 0 Å². The summed E-state index contributed by atoms with van der Waals surface area (Å²) in [6.45, 7) is 12.9. The van der Waals surface area contributed by atoms with E-state index in [-0.39, 0.29) is 11.7 Å². The minimum absolute atomic E-state index is 0.0396. The summed E-state index contributed by atoms with van der Waals surface area (Å²) in [6, 6.07) is 3.95. The number of carbonyl (C=O) groups excluding carboxylic acids is 1. The van der Waals surface area contributed by atoms with Crippen LogP contribution in [0.3, 0.4) is 0 Å². The highest BCUT2D eigenvalue weighted by Crippen LogP contribution is 2.20. The summed E-state index contributed by atoms with van der Waals surface area (Å²) < 4.78 is 7.33. The van der Waals surface area contributed by atoms with Crippen LogP contribution < -0.4 is 0 Å². The van der Waals surface area contributed by atoms with E-state index in [1.807, 2.05) is 26.0 Å². The lowest BCUT2D eigenvalue weighted by Gasteiger charge is -2.11. The lowest BCUT2D eigenvalue weighted by molar-refractivity contribution is -0.142. The van der Waals surface area contributed by atoms with Gasteiger partial charge in [-0.2, -0.15) is 5.26 Å².